The van der Waals surface area contributed by atoms with E-state index < -0.39 is 16.8 Å². The SMILES string of the molecule is O=C(Cc1ccccc1)N[C@@H]1C(=O)N2CC(Sc3ccc(Cl)cc3Cl)(C(=O)O)CS[C@H]12. The number of aliphatic carboxylic acids is 1. The fraction of sp³-hybridized carbons (Fsp3) is 0.286. The average Bonchev–Trinajstić information content (AvgIpc) is 2.74. The van der Waals surface area contributed by atoms with Crippen molar-refractivity contribution in [1.82, 2.24) is 10.2 Å². The Bertz CT molecular complexity index is 1040. The predicted octanol–water partition coefficient (Wildman–Crippen LogP) is 3.55. The number of carboxylic acids is 1. The van der Waals surface area contributed by atoms with Gasteiger partial charge in [0, 0.05) is 22.2 Å². The number of nitrogens with one attached hydrogen (secondary N) is 1. The van der Waals surface area contributed by atoms with E-state index in [-0.39, 0.29) is 35.9 Å². The van der Waals surface area contributed by atoms with Crippen LogP contribution in [-0.4, -0.2) is 56.3 Å². The van der Waals surface area contributed by atoms with Gasteiger partial charge in [0.2, 0.25) is 11.8 Å². The minimum Gasteiger partial charge on any atom is -0.480 e. The maximum Gasteiger partial charge on any atom is 0.322 e. The smallest absolute Gasteiger partial charge is 0.322 e. The van der Waals surface area contributed by atoms with Gasteiger partial charge in [0.05, 0.1) is 11.4 Å². The molecule has 0 bridgehead atoms. The normalized spacial score (nSPS) is 24.8. The summed E-state index contributed by atoms with van der Waals surface area (Å²) in [5.74, 6) is -1.25. The summed E-state index contributed by atoms with van der Waals surface area (Å²) in [6.45, 7) is 0.0352. The third kappa shape index (κ3) is 4.53. The molecule has 2 fully saturated rings. The van der Waals surface area contributed by atoms with Crippen LogP contribution in [0.3, 0.4) is 0 Å². The molecule has 2 amide bonds. The highest BCUT2D eigenvalue weighted by Gasteiger charge is 2.58. The molecule has 0 spiro atoms. The Balaban J connectivity index is 1.43. The number of carboxylic acid groups (broad SMARTS) is 1. The molecule has 162 valence electrons. The van der Waals surface area contributed by atoms with Crippen LogP contribution < -0.4 is 5.32 Å². The molecule has 2 aliphatic heterocycles. The number of thioether (sulfide) groups is 2. The third-order valence-corrected chi connectivity index (χ3v) is 8.95. The summed E-state index contributed by atoms with van der Waals surface area (Å²) in [4.78, 5) is 39.4. The second kappa shape index (κ2) is 8.94. The fourth-order valence-corrected chi connectivity index (χ4v) is 6.92. The minimum atomic E-state index is -1.24. The molecule has 10 heteroatoms. The molecule has 0 radical (unpaired) electrons. The van der Waals surface area contributed by atoms with Crippen LogP contribution in [0.1, 0.15) is 5.56 Å². The van der Waals surface area contributed by atoms with E-state index in [1.165, 1.54) is 16.7 Å². The molecular formula is C21H18Cl2N2O4S2. The van der Waals surface area contributed by atoms with Crippen LogP contribution in [0.15, 0.2) is 53.4 Å². The fourth-order valence-electron chi connectivity index (χ4n) is 3.56. The lowest BCUT2D eigenvalue weighted by molar-refractivity contribution is -0.152. The lowest BCUT2D eigenvalue weighted by Gasteiger charge is -2.53. The Morgan fingerprint density at radius 1 is 1.23 bits per heavy atom. The standard InChI is InChI=1S/C21H18Cl2N2O4S2/c22-13-6-7-15(14(23)9-13)31-21(20(28)29)10-25-18(27)17(19(25)30-11-21)24-16(26)8-12-4-2-1-3-5-12/h1-7,9,17,19H,8,10-11H2,(H,24,26)(H,28,29)/t17-,19-,21?/m1/s1. The first-order valence-electron chi connectivity index (χ1n) is 9.42. The first kappa shape index (κ1) is 22.3. The number of carbonyl (C=O) groups is 3. The zero-order valence-electron chi connectivity index (χ0n) is 16.1. The highest BCUT2D eigenvalue weighted by molar-refractivity contribution is 8.05. The molecule has 2 heterocycles. The van der Waals surface area contributed by atoms with Gasteiger partial charge in [-0.25, -0.2) is 0 Å². The van der Waals surface area contributed by atoms with Gasteiger partial charge in [-0.1, -0.05) is 53.5 Å². The third-order valence-electron chi connectivity index (χ3n) is 5.17. The van der Waals surface area contributed by atoms with Crippen LogP contribution in [0.4, 0.5) is 0 Å². The molecule has 3 atom stereocenters. The van der Waals surface area contributed by atoms with Gasteiger partial charge in [-0.05, 0) is 23.8 Å². The van der Waals surface area contributed by atoms with Gasteiger partial charge in [0.1, 0.15) is 16.2 Å². The first-order valence-corrected chi connectivity index (χ1v) is 12.0. The Labute approximate surface area is 197 Å². The maximum absolute atomic E-state index is 12.7. The van der Waals surface area contributed by atoms with Crippen LogP contribution in [0.2, 0.25) is 10.0 Å². The highest BCUT2D eigenvalue weighted by atomic mass is 35.5. The van der Waals surface area contributed by atoms with Crippen molar-refractivity contribution in [2.75, 3.05) is 12.3 Å². The molecule has 2 aliphatic rings. The van der Waals surface area contributed by atoms with Gasteiger partial charge in [-0.2, -0.15) is 0 Å². The molecule has 2 aromatic carbocycles. The Morgan fingerprint density at radius 2 is 1.97 bits per heavy atom. The summed E-state index contributed by atoms with van der Waals surface area (Å²) in [7, 11) is 0. The topological polar surface area (TPSA) is 86.7 Å². The molecule has 1 unspecified atom stereocenters. The van der Waals surface area contributed by atoms with E-state index in [0.29, 0.717) is 14.9 Å². The van der Waals surface area contributed by atoms with Crippen molar-refractivity contribution in [2.45, 2.75) is 27.5 Å². The number of rotatable bonds is 6. The van der Waals surface area contributed by atoms with E-state index in [9.17, 15) is 19.5 Å². The van der Waals surface area contributed by atoms with Crippen LogP contribution >= 0.6 is 46.7 Å². The molecule has 4 rings (SSSR count). The van der Waals surface area contributed by atoms with Gasteiger partial charge < -0.3 is 15.3 Å². The number of benzene rings is 2. The van der Waals surface area contributed by atoms with Crippen molar-refractivity contribution < 1.29 is 19.5 Å². The lowest BCUT2D eigenvalue weighted by atomic mass is 10.0. The predicted molar refractivity (Wildman–Crippen MR) is 123 cm³/mol. The second-order valence-corrected chi connectivity index (χ2v) is 10.7. The molecule has 2 saturated heterocycles. The summed E-state index contributed by atoms with van der Waals surface area (Å²) in [5.41, 5.74) is 0.862. The molecule has 6 nitrogen and oxygen atoms in total. The summed E-state index contributed by atoms with van der Waals surface area (Å²) in [6, 6.07) is 13.5. The minimum absolute atomic E-state index is 0.0352. The lowest BCUT2D eigenvalue weighted by Crippen LogP contribution is -2.74. The highest BCUT2D eigenvalue weighted by Crippen LogP contribution is 2.47. The zero-order chi connectivity index (χ0) is 22.2. The van der Waals surface area contributed by atoms with Crippen molar-refractivity contribution >= 4 is 64.5 Å². The molecular weight excluding hydrogens is 479 g/mol. The van der Waals surface area contributed by atoms with Gasteiger partial charge in [0.25, 0.3) is 0 Å². The number of nitrogens with zero attached hydrogens (tertiary/aromatic N) is 1. The van der Waals surface area contributed by atoms with Crippen LogP contribution in [0, 0.1) is 0 Å². The van der Waals surface area contributed by atoms with E-state index in [0.717, 1.165) is 17.3 Å². The monoisotopic (exact) mass is 496 g/mol. The number of fused-ring (bicyclic) bond motifs is 1. The number of halogens is 2. The van der Waals surface area contributed by atoms with Crippen molar-refractivity contribution in [2.24, 2.45) is 0 Å². The van der Waals surface area contributed by atoms with Gasteiger partial charge in [-0.3, -0.25) is 14.4 Å². The maximum atomic E-state index is 12.7. The Morgan fingerprint density at radius 3 is 2.65 bits per heavy atom. The van der Waals surface area contributed by atoms with Gasteiger partial charge >= 0.3 is 5.97 Å². The van der Waals surface area contributed by atoms with E-state index in [4.69, 9.17) is 23.2 Å². The molecule has 0 saturated carbocycles. The van der Waals surface area contributed by atoms with Crippen LogP contribution in [0.5, 0.6) is 0 Å². The second-order valence-electron chi connectivity index (χ2n) is 7.35. The van der Waals surface area contributed by atoms with Crippen molar-refractivity contribution in [1.29, 1.82) is 0 Å². The quantitative estimate of drug-likeness (QED) is 0.594. The average molecular weight is 497 g/mol. The Kier molecular flexibility index (Phi) is 6.44. The molecule has 0 aliphatic carbocycles. The number of hydrogen-bond donors (Lipinski definition) is 2. The summed E-state index contributed by atoms with van der Waals surface area (Å²) in [6.07, 6.45) is 0.186. The molecule has 31 heavy (non-hydrogen) atoms. The van der Waals surface area contributed by atoms with Crippen LogP contribution in [0.25, 0.3) is 0 Å². The van der Waals surface area contributed by atoms with E-state index in [1.807, 2.05) is 30.3 Å². The zero-order valence-corrected chi connectivity index (χ0v) is 19.2. The first-order chi connectivity index (χ1) is 14.8. The number of hydrogen-bond acceptors (Lipinski definition) is 5. The molecule has 0 aromatic heterocycles. The van der Waals surface area contributed by atoms with Crippen molar-refractivity contribution in [3.63, 3.8) is 0 Å². The van der Waals surface area contributed by atoms with Gasteiger partial charge in [0.15, 0.2) is 0 Å². The number of β-lactam (4-membered cyclic amide) rings is 1. The van der Waals surface area contributed by atoms with E-state index in [2.05, 4.69) is 5.32 Å². The van der Waals surface area contributed by atoms with Crippen LogP contribution in [-0.2, 0) is 20.8 Å². The van der Waals surface area contributed by atoms with Crippen molar-refractivity contribution in [3.05, 3.63) is 64.1 Å². The van der Waals surface area contributed by atoms with E-state index in [1.54, 1.807) is 18.2 Å². The summed E-state index contributed by atoms with van der Waals surface area (Å²) < 4.78 is -1.24. The van der Waals surface area contributed by atoms with E-state index >= 15 is 0 Å². The van der Waals surface area contributed by atoms with Crippen molar-refractivity contribution in [3.8, 4) is 0 Å². The number of carbonyl (C=O) groups excluding carboxylic acids is 2. The summed E-state index contributed by atoms with van der Waals surface area (Å²) >= 11 is 14.6. The molecule has 2 aromatic rings. The number of amides is 2. The summed E-state index contributed by atoms with van der Waals surface area (Å²) in [5, 5.41) is 13.3. The molecule has 2 N–H and O–H groups in total. The van der Waals surface area contributed by atoms with Gasteiger partial charge in [-0.15, -0.1) is 23.5 Å². The largest absolute Gasteiger partial charge is 0.480 e. The Hall–Kier alpha value is -1.87.